The molecule has 3 rings (SSSR count). The van der Waals surface area contributed by atoms with Crippen molar-refractivity contribution in [2.24, 2.45) is 0 Å². The van der Waals surface area contributed by atoms with Crippen LogP contribution in [0, 0.1) is 0 Å². The van der Waals surface area contributed by atoms with Gasteiger partial charge in [-0.3, -0.25) is 9.78 Å². The maximum absolute atomic E-state index is 12.7. The average Bonchev–Trinajstić information content (AvgIpc) is 2.73. The number of nitrogens with one attached hydrogen (secondary N) is 1. The van der Waals surface area contributed by atoms with Gasteiger partial charge in [-0.25, -0.2) is 8.42 Å². The van der Waals surface area contributed by atoms with Gasteiger partial charge in [-0.2, -0.15) is 0 Å². The van der Waals surface area contributed by atoms with E-state index in [9.17, 15) is 13.2 Å². The van der Waals surface area contributed by atoms with Gasteiger partial charge in [0, 0.05) is 43.4 Å². The minimum absolute atomic E-state index is 0.193. The number of carbonyl (C=O) groups excluding carboxylic acids is 1. The molecule has 0 aliphatic rings. The first kappa shape index (κ1) is 21.3. The van der Waals surface area contributed by atoms with Crippen LogP contribution in [0.5, 0.6) is 5.75 Å². The Morgan fingerprint density at radius 1 is 1.07 bits per heavy atom. The summed E-state index contributed by atoms with van der Waals surface area (Å²) in [4.78, 5) is 19.3. The lowest BCUT2D eigenvalue weighted by Crippen LogP contribution is -2.13. The van der Waals surface area contributed by atoms with Gasteiger partial charge < -0.3 is 15.0 Å². The maximum Gasteiger partial charge on any atom is 0.255 e. The third-order valence-electron chi connectivity index (χ3n) is 4.53. The third-order valence-corrected chi connectivity index (χ3v) is 5.66. The number of rotatable bonds is 6. The molecule has 2 aromatic carbocycles. The molecule has 8 heteroatoms. The Bertz CT molecular complexity index is 1170. The lowest BCUT2D eigenvalue weighted by atomic mass is 10.0. The lowest BCUT2D eigenvalue weighted by molar-refractivity contribution is 0.102. The molecule has 30 heavy (non-hydrogen) atoms. The number of sulfone groups is 1. The molecule has 156 valence electrons. The molecule has 0 saturated carbocycles. The molecular formula is C22H23N3O4S. The summed E-state index contributed by atoms with van der Waals surface area (Å²) in [7, 11) is 2.12. The van der Waals surface area contributed by atoms with Crippen LogP contribution in [0.2, 0.25) is 0 Å². The summed E-state index contributed by atoms with van der Waals surface area (Å²) in [6, 6.07) is 15.0. The molecular weight excluding hydrogens is 402 g/mol. The van der Waals surface area contributed by atoms with E-state index < -0.39 is 9.84 Å². The number of carbonyl (C=O) groups is 1. The highest BCUT2D eigenvalue weighted by atomic mass is 32.2. The SMILES string of the molecule is COc1cc(C(=O)Nc2ccc(S(C)(=O)=O)cc2)ccc1-c1ncccc1N(C)C. The van der Waals surface area contributed by atoms with Crippen LogP contribution < -0.4 is 15.0 Å². The summed E-state index contributed by atoms with van der Waals surface area (Å²) in [6.07, 6.45) is 2.85. The summed E-state index contributed by atoms with van der Waals surface area (Å²) in [5.74, 6) is 0.192. The number of anilines is 2. The summed E-state index contributed by atoms with van der Waals surface area (Å²) < 4.78 is 28.7. The van der Waals surface area contributed by atoms with E-state index in [0.717, 1.165) is 23.2 Å². The number of hydrogen-bond acceptors (Lipinski definition) is 6. The Labute approximate surface area is 176 Å². The van der Waals surface area contributed by atoms with Gasteiger partial charge in [-0.1, -0.05) is 0 Å². The predicted molar refractivity (Wildman–Crippen MR) is 118 cm³/mol. The molecule has 0 atom stereocenters. The first-order valence-corrected chi connectivity index (χ1v) is 11.0. The number of pyridine rings is 1. The number of aromatic nitrogens is 1. The molecule has 0 aliphatic carbocycles. The Hall–Kier alpha value is -3.39. The average molecular weight is 426 g/mol. The molecule has 0 bridgehead atoms. The van der Waals surface area contributed by atoms with Crippen molar-refractivity contribution >= 4 is 27.1 Å². The fourth-order valence-electron chi connectivity index (χ4n) is 2.98. The van der Waals surface area contributed by atoms with E-state index in [1.54, 1.807) is 43.6 Å². The lowest BCUT2D eigenvalue weighted by Gasteiger charge is -2.18. The van der Waals surface area contributed by atoms with Crippen LogP contribution in [-0.4, -0.2) is 46.8 Å². The molecule has 0 saturated heterocycles. The Balaban J connectivity index is 1.89. The summed E-state index contributed by atoms with van der Waals surface area (Å²) in [5, 5.41) is 2.76. The highest BCUT2D eigenvalue weighted by Gasteiger charge is 2.16. The molecule has 0 aliphatic heterocycles. The first-order valence-electron chi connectivity index (χ1n) is 9.13. The molecule has 1 amide bonds. The summed E-state index contributed by atoms with van der Waals surface area (Å²) in [5.41, 5.74) is 3.36. The molecule has 0 fully saturated rings. The van der Waals surface area contributed by atoms with Gasteiger partial charge in [0.05, 0.1) is 23.4 Å². The molecule has 0 unspecified atom stereocenters. The maximum atomic E-state index is 12.7. The molecule has 1 N–H and O–H groups in total. The number of benzene rings is 2. The van der Waals surface area contributed by atoms with E-state index in [2.05, 4.69) is 10.3 Å². The Morgan fingerprint density at radius 2 is 1.77 bits per heavy atom. The van der Waals surface area contributed by atoms with Gasteiger partial charge in [-0.15, -0.1) is 0 Å². The van der Waals surface area contributed by atoms with E-state index >= 15 is 0 Å². The van der Waals surface area contributed by atoms with Crippen molar-refractivity contribution in [3.8, 4) is 17.0 Å². The van der Waals surface area contributed by atoms with Crippen molar-refractivity contribution < 1.29 is 17.9 Å². The van der Waals surface area contributed by atoms with Gasteiger partial charge in [-0.05, 0) is 54.6 Å². The second kappa shape index (κ2) is 8.54. The zero-order chi connectivity index (χ0) is 21.9. The highest BCUT2D eigenvalue weighted by molar-refractivity contribution is 7.90. The van der Waals surface area contributed by atoms with Crippen molar-refractivity contribution in [2.45, 2.75) is 4.90 Å². The molecule has 0 radical (unpaired) electrons. The van der Waals surface area contributed by atoms with Gasteiger partial charge in [0.1, 0.15) is 5.75 Å². The zero-order valence-electron chi connectivity index (χ0n) is 17.2. The Morgan fingerprint density at radius 3 is 2.37 bits per heavy atom. The van der Waals surface area contributed by atoms with Crippen molar-refractivity contribution in [1.82, 2.24) is 4.98 Å². The standard InChI is InChI=1S/C22H23N3O4S/c1-25(2)19-6-5-13-23-21(19)18-12-7-15(14-20(18)29-3)22(26)24-16-8-10-17(11-9-16)30(4,27)28/h5-14H,1-4H3,(H,24,26). The monoisotopic (exact) mass is 425 g/mol. The van der Waals surface area contributed by atoms with Crippen molar-refractivity contribution in [3.05, 3.63) is 66.4 Å². The second-order valence-electron chi connectivity index (χ2n) is 6.93. The Kier molecular flexibility index (Phi) is 6.07. The second-order valence-corrected chi connectivity index (χ2v) is 8.95. The van der Waals surface area contributed by atoms with E-state index in [4.69, 9.17) is 4.74 Å². The van der Waals surface area contributed by atoms with Crippen LogP contribution in [0.1, 0.15) is 10.4 Å². The highest BCUT2D eigenvalue weighted by Crippen LogP contribution is 2.35. The molecule has 1 heterocycles. The van der Waals surface area contributed by atoms with Crippen LogP contribution >= 0.6 is 0 Å². The van der Waals surface area contributed by atoms with Crippen molar-refractivity contribution in [3.63, 3.8) is 0 Å². The van der Waals surface area contributed by atoms with Crippen LogP contribution in [0.15, 0.2) is 65.7 Å². The molecule has 7 nitrogen and oxygen atoms in total. The normalized spacial score (nSPS) is 11.1. The minimum atomic E-state index is -3.29. The smallest absolute Gasteiger partial charge is 0.255 e. The summed E-state index contributed by atoms with van der Waals surface area (Å²) in [6.45, 7) is 0. The number of hydrogen-bond donors (Lipinski definition) is 1. The van der Waals surface area contributed by atoms with Gasteiger partial charge in [0.25, 0.3) is 5.91 Å². The predicted octanol–water partition coefficient (Wildman–Crippen LogP) is 3.48. The van der Waals surface area contributed by atoms with Crippen molar-refractivity contribution in [2.75, 3.05) is 37.7 Å². The van der Waals surface area contributed by atoms with Crippen LogP contribution in [-0.2, 0) is 9.84 Å². The van der Waals surface area contributed by atoms with Crippen LogP contribution in [0.4, 0.5) is 11.4 Å². The molecule has 1 aromatic heterocycles. The van der Waals surface area contributed by atoms with Crippen molar-refractivity contribution in [1.29, 1.82) is 0 Å². The topological polar surface area (TPSA) is 88.6 Å². The third kappa shape index (κ3) is 4.60. The number of ether oxygens (including phenoxy) is 1. The summed E-state index contributed by atoms with van der Waals surface area (Å²) >= 11 is 0. The zero-order valence-corrected chi connectivity index (χ0v) is 18.0. The van der Waals surface area contributed by atoms with Gasteiger partial charge >= 0.3 is 0 Å². The van der Waals surface area contributed by atoms with Gasteiger partial charge in [0.15, 0.2) is 9.84 Å². The molecule has 0 spiro atoms. The van der Waals surface area contributed by atoms with E-state index in [1.165, 1.54) is 12.1 Å². The number of nitrogens with zero attached hydrogens (tertiary/aromatic N) is 2. The van der Waals surface area contributed by atoms with Crippen LogP contribution in [0.25, 0.3) is 11.3 Å². The van der Waals surface area contributed by atoms with E-state index in [1.807, 2.05) is 31.1 Å². The number of amides is 1. The van der Waals surface area contributed by atoms with Crippen LogP contribution in [0.3, 0.4) is 0 Å². The number of methoxy groups -OCH3 is 1. The fraction of sp³-hybridized carbons (Fsp3) is 0.182. The minimum Gasteiger partial charge on any atom is -0.496 e. The quantitative estimate of drug-likeness (QED) is 0.651. The first-order chi connectivity index (χ1) is 14.2. The van der Waals surface area contributed by atoms with E-state index in [0.29, 0.717) is 17.0 Å². The molecule has 3 aromatic rings. The largest absolute Gasteiger partial charge is 0.496 e. The van der Waals surface area contributed by atoms with E-state index in [-0.39, 0.29) is 10.8 Å². The van der Waals surface area contributed by atoms with Gasteiger partial charge in [0.2, 0.25) is 0 Å². The fourth-order valence-corrected chi connectivity index (χ4v) is 3.61.